The van der Waals surface area contributed by atoms with Crippen molar-refractivity contribution < 1.29 is 4.74 Å². The monoisotopic (exact) mass is 279 g/mol. The maximum absolute atomic E-state index is 9.24. The normalized spacial score (nSPS) is 19.6. The highest BCUT2D eigenvalue weighted by Crippen LogP contribution is 2.41. The third-order valence-electron chi connectivity index (χ3n) is 3.35. The number of nitriles is 1. The highest BCUT2D eigenvalue weighted by Gasteiger charge is 2.46. The van der Waals surface area contributed by atoms with Crippen molar-refractivity contribution in [3.63, 3.8) is 0 Å². The maximum atomic E-state index is 9.24. The third kappa shape index (κ3) is 1.77. The van der Waals surface area contributed by atoms with E-state index in [1.807, 2.05) is 12.1 Å². The number of ether oxygens (including phenoxy) is 1. The van der Waals surface area contributed by atoms with E-state index in [2.05, 4.69) is 41.1 Å². The molecule has 1 fully saturated rings. The van der Waals surface area contributed by atoms with Crippen molar-refractivity contribution >= 4 is 15.9 Å². The number of hydrogen-bond donors (Lipinski definition) is 0. The summed E-state index contributed by atoms with van der Waals surface area (Å²) in [6.45, 7) is 3.39. The van der Waals surface area contributed by atoms with Crippen LogP contribution in [0.1, 0.15) is 18.9 Å². The minimum absolute atomic E-state index is 0.0375. The molecule has 0 amide bonds. The molecular weight excluding hydrogens is 266 g/mol. The summed E-state index contributed by atoms with van der Waals surface area (Å²) in [5, 5.41) is 9.24. The Kier molecular flexibility index (Phi) is 3.32. The summed E-state index contributed by atoms with van der Waals surface area (Å²) < 4.78 is 6.41. The number of benzene rings is 1. The van der Waals surface area contributed by atoms with E-state index >= 15 is 0 Å². The van der Waals surface area contributed by atoms with Gasteiger partial charge in [-0.05, 0) is 24.1 Å². The van der Waals surface area contributed by atoms with Gasteiger partial charge in [-0.2, -0.15) is 5.26 Å². The molecule has 1 aliphatic rings. The molecule has 0 aliphatic carbocycles. The van der Waals surface area contributed by atoms with E-state index in [0.29, 0.717) is 13.2 Å². The molecule has 16 heavy (non-hydrogen) atoms. The molecule has 3 heteroatoms. The van der Waals surface area contributed by atoms with Crippen LogP contribution in [-0.2, 0) is 10.2 Å². The van der Waals surface area contributed by atoms with Crippen molar-refractivity contribution in [1.82, 2.24) is 0 Å². The molecule has 0 N–H and O–H groups in total. The standard InChI is InChI=1S/C13H14BrNO/c1-2-10(7-15)13(8-16-9-13)11-4-3-5-12(14)6-11/h3-6,10H,2,8-9H2,1H3. The lowest BCUT2D eigenvalue weighted by molar-refractivity contribution is -0.0805. The van der Waals surface area contributed by atoms with E-state index in [4.69, 9.17) is 4.74 Å². The summed E-state index contributed by atoms with van der Waals surface area (Å²) in [6, 6.07) is 10.6. The number of hydrogen-bond acceptors (Lipinski definition) is 2. The molecule has 0 bridgehead atoms. The zero-order chi connectivity index (χ0) is 11.6. The van der Waals surface area contributed by atoms with Gasteiger partial charge in [0.15, 0.2) is 0 Å². The van der Waals surface area contributed by atoms with Crippen LogP contribution in [0, 0.1) is 17.2 Å². The molecule has 2 rings (SSSR count). The lowest BCUT2D eigenvalue weighted by Crippen LogP contribution is -2.51. The molecule has 1 unspecified atom stereocenters. The van der Waals surface area contributed by atoms with Gasteiger partial charge >= 0.3 is 0 Å². The van der Waals surface area contributed by atoms with Crippen LogP contribution in [0.4, 0.5) is 0 Å². The van der Waals surface area contributed by atoms with E-state index < -0.39 is 0 Å². The van der Waals surface area contributed by atoms with Crippen molar-refractivity contribution in [3.05, 3.63) is 34.3 Å². The molecule has 1 aliphatic heterocycles. The zero-order valence-electron chi connectivity index (χ0n) is 9.24. The van der Waals surface area contributed by atoms with Crippen LogP contribution in [0.5, 0.6) is 0 Å². The Hall–Kier alpha value is -0.850. The van der Waals surface area contributed by atoms with E-state index in [1.165, 1.54) is 5.56 Å². The lowest BCUT2D eigenvalue weighted by atomic mass is 9.68. The third-order valence-corrected chi connectivity index (χ3v) is 3.84. The van der Waals surface area contributed by atoms with Gasteiger partial charge in [0.2, 0.25) is 0 Å². The Labute approximate surface area is 104 Å². The summed E-state index contributed by atoms with van der Waals surface area (Å²) in [7, 11) is 0. The Balaban J connectivity index is 2.39. The van der Waals surface area contributed by atoms with Gasteiger partial charge in [-0.15, -0.1) is 0 Å². The minimum Gasteiger partial charge on any atom is -0.379 e. The highest BCUT2D eigenvalue weighted by atomic mass is 79.9. The molecule has 0 spiro atoms. The van der Waals surface area contributed by atoms with Crippen LogP contribution in [-0.4, -0.2) is 13.2 Å². The maximum Gasteiger partial charge on any atom is 0.0666 e. The fourth-order valence-electron chi connectivity index (χ4n) is 2.29. The first-order valence-electron chi connectivity index (χ1n) is 5.46. The summed E-state index contributed by atoms with van der Waals surface area (Å²) in [4.78, 5) is 0. The molecule has 1 saturated heterocycles. The van der Waals surface area contributed by atoms with Crippen LogP contribution in [0.2, 0.25) is 0 Å². The van der Waals surface area contributed by atoms with Gasteiger partial charge < -0.3 is 4.74 Å². The SMILES string of the molecule is CCC(C#N)C1(c2cccc(Br)c2)COC1. The molecule has 1 heterocycles. The fourth-order valence-corrected chi connectivity index (χ4v) is 2.69. The first-order valence-corrected chi connectivity index (χ1v) is 6.25. The van der Waals surface area contributed by atoms with E-state index in [1.54, 1.807) is 0 Å². The van der Waals surface area contributed by atoms with Crippen molar-refractivity contribution in [1.29, 1.82) is 5.26 Å². The van der Waals surface area contributed by atoms with Crippen LogP contribution >= 0.6 is 15.9 Å². The summed E-state index contributed by atoms with van der Waals surface area (Å²) in [6.07, 6.45) is 0.867. The van der Waals surface area contributed by atoms with E-state index in [-0.39, 0.29) is 11.3 Å². The second-order valence-corrected chi connectivity index (χ2v) is 5.16. The summed E-state index contributed by atoms with van der Waals surface area (Å²) in [5.41, 5.74) is 1.12. The van der Waals surface area contributed by atoms with Gasteiger partial charge in [0.1, 0.15) is 0 Å². The van der Waals surface area contributed by atoms with Crippen molar-refractivity contribution in [2.75, 3.05) is 13.2 Å². The summed E-state index contributed by atoms with van der Waals surface area (Å²) >= 11 is 3.48. The van der Waals surface area contributed by atoms with Gasteiger partial charge in [-0.1, -0.05) is 35.0 Å². The molecule has 1 aromatic rings. The Bertz CT molecular complexity index is 420. The topological polar surface area (TPSA) is 33.0 Å². The molecule has 1 aromatic carbocycles. The van der Waals surface area contributed by atoms with Gasteiger partial charge in [-0.25, -0.2) is 0 Å². The molecule has 0 saturated carbocycles. The predicted molar refractivity (Wildman–Crippen MR) is 66.0 cm³/mol. The molecular formula is C13H14BrNO. The van der Waals surface area contributed by atoms with Crippen LogP contribution in [0.3, 0.4) is 0 Å². The smallest absolute Gasteiger partial charge is 0.0666 e. The van der Waals surface area contributed by atoms with E-state index in [0.717, 1.165) is 10.9 Å². The van der Waals surface area contributed by atoms with Crippen molar-refractivity contribution in [3.8, 4) is 6.07 Å². The first kappa shape index (κ1) is 11.6. The fraction of sp³-hybridized carbons (Fsp3) is 0.462. The Morgan fingerprint density at radius 3 is 2.75 bits per heavy atom. The molecule has 84 valence electrons. The van der Waals surface area contributed by atoms with E-state index in [9.17, 15) is 5.26 Å². The number of nitrogens with zero attached hydrogens (tertiary/aromatic N) is 1. The molecule has 2 nitrogen and oxygen atoms in total. The van der Waals surface area contributed by atoms with Gasteiger partial charge in [-0.3, -0.25) is 0 Å². The Morgan fingerprint density at radius 1 is 1.56 bits per heavy atom. The lowest BCUT2D eigenvalue weighted by Gasteiger charge is -2.45. The summed E-state index contributed by atoms with van der Waals surface area (Å²) in [5.74, 6) is 0.0375. The predicted octanol–water partition coefficient (Wildman–Crippen LogP) is 3.27. The first-order chi connectivity index (χ1) is 7.73. The molecule has 0 aromatic heterocycles. The van der Waals surface area contributed by atoms with Crippen LogP contribution in [0.15, 0.2) is 28.7 Å². The Morgan fingerprint density at radius 2 is 2.31 bits per heavy atom. The quantitative estimate of drug-likeness (QED) is 0.851. The second-order valence-electron chi connectivity index (χ2n) is 4.25. The van der Waals surface area contributed by atoms with Crippen LogP contribution < -0.4 is 0 Å². The largest absolute Gasteiger partial charge is 0.379 e. The van der Waals surface area contributed by atoms with Crippen LogP contribution in [0.25, 0.3) is 0 Å². The zero-order valence-corrected chi connectivity index (χ0v) is 10.8. The number of rotatable bonds is 3. The average Bonchev–Trinajstić information content (AvgIpc) is 2.23. The van der Waals surface area contributed by atoms with Gasteiger partial charge in [0.25, 0.3) is 0 Å². The van der Waals surface area contributed by atoms with Gasteiger partial charge in [0, 0.05) is 4.47 Å². The minimum atomic E-state index is -0.0900. The van der Waals surface area contributed by atoms with Crippen molar-refractivity contribution in [2.45, 2.75) is 18.8 Å². The molecule has 0 radical (unpaired) electrons. The number of halogens is 1. The average molecular weight is 280 g/mol. The van der Waals surface area contributed by atoms with Gasteiger partial charge in [0.05, 0.1) is 30.6 Å². The molecule has 1 atom stereocenters. The van der Waals surface area contributed by atoms with Crippen molar-refractivity contribution in [2.24, 2.45) is 5.92 Å². The highest BCUT2D eigenvalue weighted by molar-refractivity contribution is 9.10. The second kappa shape index (κ2) is 4.57.